The van der Waals surface area contributed by atoms with Crippen molar-refractivity contribution in [2.75, 3.05) is 0 Å². The van der Waals surface area contributed by atoms with Crippen LogP contribution in [0.5, 0.6) is 0 Å². The van der Waals surface area contributed by atoms with E-state index in [-0.39, 0.29) is 17.6 Å². The molecule has 10 aromatic rings. The molecule has 19 rings (SSSR count). The van der Waals surface area contributed by atoms with Gasteiger partial charge in [0.1, 0.15) is 0 Å². The summed E-state index contributed by atoms with van der Waals surface area (Å²) in [5.74, 6) is 2.04. The molecule has 8 aromatic carbocycles. The second-order valence-electron chi connectivity index (χ2n) is 20.8. The van der Waals surface area contributed by atoms with Crippen LogP contribution in [-0.4, -0.2) is 10.2 Å². The van der Waals surface area contributed by atoms with Crippen molar-refractivity contribution in [3.8, 4) is 28.3 Å². The predicted molar refractivity (Wildman–Crippen MR) is 258 cm³/mol. The van der Waals surface area contributed by atoms with E-state index in [0.717, 1.165) is 38.9 Å². The van der Waals surface area contributed by atoms with Crippen LogP contribution in [0.25, 0.3) is 60.3 Å². The zero-order chi connectivity index (χ0) is 42.2. The molecule has 9 aliphatic rings. The minimum Gasteiger partial charge on any atom is -0.308 e. The summed E-state index contributed by atoms with van der Waals surface area (Å²) in [4.78, 5) is 15.5. The number of nitrogens with zero attached hydrogens (tertiary/aromatic N) is 2. The summed E-state index contributed by atoms with van der Waals surface area (Å²) in [5, 5.41) is 16.4. The van der Waals surface area contributed by atoms with Crippen molar-refractivity contribution >= 4 is 43.9 Å². The van der Waals surface area contributed by atoms with E-state index in [2.05, 4.69) is 156 Å². The van der Waals surface area contributed by atoms with E-state index in [4.69, 9.17) is 0 Å². The van der Waals surface area contributed by atoms with Crippen LogP contribution >= 0.6 is 0 Å². The Labute approximate surface area is 375 Å². The van der Waals surface area contributed by atoms with Crippen LogP contribution in [0.15, 0.2) is 146 Å². The summed E-state index contributed by atoms with van der Waals surface area (Å²) in [6.45, 7) is 0. The number of rotatable bonds is 0. The maximum atomic E-state index is 15.5. The maximum absolute atomic E-state index is 15.5. The molecule has 0 saturated heterocycles. The van der Waals surface area contributed by atoms with Crippen LogP contribution in [-0.2, 0) is 5.41 Å². The molecule has 3 nitrogen and oxygen atoms in total. The first-order chi connectivity index (χ1) is 32.1. The van der Waals surface area contributed by atoms with Crippen molar-refractivity contribution in [1.82, 2.24) is 4.40 Å². The lowest BCUT2D eigenvalue weighted by molar-refractivity contribution is 0.0974. The predicted octanol–water partition coefficient (Wildman–Crippen LogP) is 14.3. The normalized spacial score (nSPS) is 23.8. The second-order valence-corrected chi connectivity index (χ2v) is 20.8. The number of hydrogen-bond donors (Lipinski definition) is 0. The lowest BCUT2D eigenvalue weighted by Gasteiger charge is -2.38. The van der Waals surface area contributed by atoms with E-state index in [1.807, 2.05) is 0 Å². The Morgan fingerprint density at radius 1 is 0.492 bits per heavy atom. The molecule has 0 N–H and O–H groups in total. The van der Waals surface area contributed by atoms with Gasteiger partial charge in [0.25, 0.3) is 0 Å². The van der Waals surface area contributed by atoms with Crippen molar-refractivity contribution in [2.24, 2.45) is 11.8 Å². The molecule has 2 saturated carbocycles. The quantitative estimate of drug-likeness (QED) is 0.153. The number of aromatic nitrogens is 1. The van der Waals surface area contributed by atoms with Gasteiger partial charge in [-0.05, 0) is 163 Å². The van der Waals surface area contributed by atoms with Crippen molar-refractivity contribution < 1.29 is 4.79 Å². The highest BCUT2D eigenvalue weighted by Gasteiger charge is 2.54. The molecule has 0 amide bonds. The van der Waals surface area contributed by atoms with Crippen molar-refractivity contribution in [3.63, 3.8) is 0 Å². The standard InChI is InChI=1S/C62H40N2O/c63-30-35-26-52-57(54-34-24-31-21-32(25-34)23-33(22-31)53(35)54)58-59-45(38-13-7-10-20-50(38)62(59)48-18-8-5-11-36(48)37-12-6-9-19-49(37)62)28-46-43-27-44-47(29-51(43)64(52)60(46)58)61(65)56-41-16-3-1-14-39(41)55(44)40-15-2-4-17-42(40)56/h1-20,26-29,31-34,55-56H,21-25H2. The van der Waals surface area contributed by atoms with E-state index in [1.54, 1.807) is 0 Å². The Balaban J connectivity index is 1.10. The fourth-order valence-corrected chi connectivity index (χ4v) is 16.4. The molecule has 2 fully saturated rings. The van der Waals surface area contributed by atoms with Gasteiger partial charge in [0, 0.05) is 33.0 Å². The molecule has 2 unspecified atom stereocenters. The molecule has 304 valence electrons. The average Bonchev–Trinajstić information content (AvgIpc) is 3.96. The Kier molecular flexibility index (Phi) is 5.95. The molecular formula is C62H40N2O. The van der Waals surface area contributed by atoms with Gasteiger partial charge in [0.2, 0.25) is 0 Å². The van der Waals surface area contributed by atoms with Gasteiger partial charge >= 0.3 is 0 Å². The van der Waals surface area contributed by atoms with Crippen LogP contribution in [0.3, 0.4) is 0 Å². The molecule has 0 radical (unpaired) electrons. The van der Waals surface area contributed by atoms with E-state index >= 15 is 4.79 Å². The van der Waals surface area contributed by atoms with Gasteiger partial charge in [-0.15, -0.1) is 0 Å². The number of ketones is 1. The number of carbonyl (C=O) groups is 1. The van der Waals surface area contributed by atoms with Crippen molar-refractivity contribution in [2.45, 2.75) is 61.2 Å². The molecule has 2 atom stereocenters. The zero-order valence-corrected chi connectivity index (χ0v) is 35.7. The average molecular weight is 829 g/mol. The number of benzene rings is 8. The third-order valence-corrected chi connectivity index (χ3v) is 18.2. The smallest absolute Gasteiger partial charge is 0.175 e. The molecule has 0 aliphatic heterocycles. The molecule has 2 heterocycles. The summed E-state index contributed by atoms with van der Waals surface area (Å²) in [6.07, 6.45) is 6.14. The number of carbonyl (C=O) groups excluding carboxylic acids is 1. The lowest BCUT2D eigenvalue weighted by atomic mass is 9.66. The fraction of sp³-hybridized carbons (Fsp3) is 0.194. The number of nitriles is 1. The number of Topliss-reactive ketones (excluding diaryl/α,β-unsaturated/α-hetero) is 1. The summed E-state index contributed by atoms with van der Waals surface area (Å²) in [6, 6.07) is 57.3. The van der Waals surface area contributed by atoms with Gasteiger partial charge in [0.05, 0.1) is 39.5 Å². The summed E-state index contributed by atoms with van der Waals surface area (Å²) in [7, 11) is 0. The minimum absolute atomic E-state index is 0.0470. The molecular weight excluding hydrogens is 789 g/mol. The largest absolute Gasteiger partial charge is 0.308 e. The van der Waals surface area contributed by atoms with Crippen LogP contribution in [0.4, 0.5) is 0 Å². The number of fused-ring (bicyclic) bond motifs is 17. The Morgan fingerprint density at radius 3 is 1.63 bits per heavy atom. The Hall–Kier alpha value is -7.28. The summed E-state index contributed by atoms with van der Waals surface area (Å²) >= 11 is 0. The minimum atomic E-state index is -0.534. The maximum Gasteiger partial charge on any atom is 0.175 e. The Bertz CT molecular complexity index is 3860. The third-order valence-electron chi connectivity index (χ3n) is 18.2. The SMILES string of the molecule is N#Cc1cc2c(c3c1C1CC4CC(C1)CC3C4)c1c3c(cc4c5cc6c(cc5n2c41)C(=O)C1c2ccccc2C6c2ccccc21)-c1ccccc1C31c2ccccc2-c2ccccc21. The zero-order valence-electron chi connectivity index (χ0n) is 35.7. The third kappa shape index (κ3) is 3.72. The van der Waals surface area contributed by atoms with Crippen molar-refractivity contribution in [1.29, 1.82) is 5.26 Å². The fourth-order valence-electron chi connectivity index (χ4n) is 16.4. The molecule has 65 heavy (non-hydrogen) atoms. The highest BCUT2D eigenvalue weighted by molar-refractivity contribution is 6.29. The molecule has 1 spiro atoms. The highest BCUT2D eigenvalue weighted by atomic mass is 16.1. The molecule has 2 aromatic heterocycles. The van der Waals surface area contributed by atoms with Gasteiger partial charge in [-0.25, -0.2) is 0 Å². The van der Waals surface area contributed by atoms with Gasteiger partial charge in [-0.3, -0.25) is 4.79 Å². The molecule has 9 aliphatic carbocycles. The first-order valence-corrected chi connectivity index (χ1v) is 23.9. The second kappa shape index (κ2) is 11.3. The van der Waals surface area contributed by atoms with Crippen LogP contribution in [0.1, 0.15) is 133 Å². The van der Waals surface area contributed by atoms with Gasteiger partial charge in [-0.1, -0.05) is 121 Å². The van der Waals surface area contributed by atoms with E-state index in [0.29, 0.717) is 23.7 Å². The van der Waals surface area contributed by atoms with Gasteiger partial charge in [-0.2, -0.15) is 5.26 Å². The van der Waals surface area contributed by atoms with E-state index in [9.17, 15) is 5.26 Å². The van der Waals surface area contributed by atoms with Gasteiger partial charge in [0.15, 0.2) is 5.78 Å². The van der Waals surface area contributed by atoms with Gasteiger partial charge < -0.3 is 4.40 Å². The molecule has 3 heteroatoms. The first kappa shape index (κ1) is 34.2. The van der Waals surface area contributed by atoms with Crippen LogP contribution in [0.2, 0.25) is 0 Å². The highest BCUT2D eigenvalue weighted by Crippen LogP contribution is 2.67. The number of hydrogen-bond acceptors (Lipinski definition) is 2. The van der Waals surface area contributed by atoms with Crippen LogP contribution < -0.4 is 0 Å². The van der Waals surface area contributed by atoms with E-state index < -0.39 is 5.41 Å². The topological polar surface area (TPSA) is 45.3 Å². The van der Waals surface area contributed by atoms with E-state index in [1.165, 1.54) is 126 Å². The summed E-state index contributed by atoms with van der Waals surface area (Å²) < 4.78 is 2.54. The van der Waals surface area contributed by atoms with Crippen molar-refractivity contribution in [3.05, 3.63) is 218 Å². The van der Waals surface area contributed by atoms with Crippen LogP contribution in [0, 0.1) is 23.2 Å². The summed E-state index contributed by atoms with van der Waals surface area (Å²) in [5.41, 5.74) is 23.9. The molecule has 6 bridgehead atoms. The monoisotopic (exact) mass is 828 g/mol. The first-order valence-electron chi connectivity index (χ1n) is 23.9. The lowest BCUT2D eigenvalue weighted by Crippen LogP contribution is -2.26. The Morgan fingerprint density at radius 2 is 1.03 bits per heavy atom.